The minimum atomic E-state index is -0.798. The summed E-state index contributed by atoms with van der Waals surface area (Å²) in [6, 6.07) is 2.53. The van der Waals surface area contributed by atoms with Crippen LogP contribution < -0.4 is 16.0 Å². The van der Waals surface area contributed by atoms with Gasteiger partial charge in [-0.2, -0.15) is 4.68 Å². The molecule has 0 aliphatic rings. The van der Waals surface area contributed by atoms with Crippen molar-refractivity contribution in [1.29, 1.82) is 0 Å². The Bertz CT molecular complexity index is 1610. The van der Waals surface area contributed by atoms with Crippen LogP contribution in [0.3, 0.4) is 0 Å². The maximum atomic E-state index is 15.4. The molecule has 0 aliphatic carbocycles. The van der Waals surface area contributed by atoms with Gasteiger partial charge in [-0.1, -0.05) is 6.58 Å². The van der Waals surface area contributed by atoms with Crippen LogP contribution >= 0.6 is 0 Å². The lowest BCUT2D eigenvalue weighted by atomic mass is 10.0. The SMILES string of the molecule is C=C(C)c1cn(-c2c(C)cnc(OC)c2C)c(=O)c2cc(F)c(-n3nc(CO)n(CC)c3=O)cc12. The quantitative estimate of drug-likeness (QED) is 0.456. The van der Waals surface area contributed by atoms with Crippen molar-refractivity contribution in [1.82, 2.24) is 23.9 Å². The van der Waals surface area contributed by atoms with Gasteiger partial charge in [-0.05, 0) is 56.4 Å². The first-order chi connectivity index (χ1) is 16.6. The highest BCUT2D eigenvalue weighted by Crippen LogP contribution is 2.30. The molecule has 0 spiro atoms. The molecule has 0 unspecified atom stereocenters. The van der Waals surface area contributed by atoms with Crippen LogP contribution in [-0.2, 0) is 13.2 Å². The van der Waals surface area contributed by atoms with Crippen molar-refractivity contribution >= 4 is 16.3 Å². The van der Waals surface area contributed by atoms with E-state index < -0.39 is 23.7 Å². The Morgan fingerprint density at radius 2 is 1.94 bits per heavy atom. The standard InChI is InChI=1S/C25H26FN5O4/c1-7-29-21(12-32)28-31(25(29)34)20-9-16-17(8-19(20)26)24(33)30(11-18(16)13(2)3)22-14(4)10-27-23(35-6)15(22)5/h8-11,32H,2,7,12H2,1,3-6H3. The molecular weight excluding hydrogens is 453 g/mol. The lowest BCUT2D eigenvalue weighted by Gasteiger charge is -2.18. The number of ether oxygens (including phenoxy) is 1. The lowest BCUT2D eigenvalue weighted by molar-refractivity contribution is 0.264. The number of aromatic nitrogens is 5. The molecule has 3 aromatic heterocycles. The zero-order valence-corrected chi connectivity index (χ0v) is 20.2. The highest BCUT2D eigenvalue weighted by atomic mass is 19.1. The molecule has 0 amide bonds. The summed E-state index contributed by atoms with van der Waals surface area (Å²) < 4.78 is 24.3. The summed E-state index contributed by atoms with van der Waals surface area (Å²) in [4.78, 5) is 30.7. The Kier molecular flexibility index (Phi) is 6.16. The summed E-state index contributed by atoms with van der Waals surface area (Å²) in [5, 5.41) is 14.2. The first kappa shape index (κ1) is 24.1. The molecule has 4 rings (SSSR count). The number of aryl methyl sites for hydroxylation is 1. The van der Waals surface area contributed by atoms with Crippen LogP contribution in [0.25, 0.3) is 27.7 Å². The fourth-order valence-electron chi connectivity index (χ4n) is 4.33. The summed E-state index contributed by atoms with van der Waals surface area (Å²) >= 11 is 0. The molecule has 0 aliphatic heterocycles. The molecule has 4 aromatic rings. The highest BCUT2D eigenvalue weighted by molar-refractivity contribution is 5.94. The molecule has 1 N–H and O–H groups in total. The van der Waals surface area contributed by atoms with Gasteiger partial charge in [-0.25, -0.2) is 14.2 Å². The van der Waals surface area contributed by atoms with Crippen LogP contribution in [0.15, 0.2) is 40.7 Å². The minimum absolute atomic E-state index is 0.116. The van der Waals surface area contributed by atoms with Gasteiger partial charge < -0.3 is 9.84 Å². The number of hydrogen-bond acceptors (Lipinski definition) is 6. The van der Waals surface area contributed by atoms with Crippen molar-refractivity contribution in [3.05, 3.63) is 80.3 Å². The second kappa shape index (κ2) is 8.95. The van der Waals surface area contributed by atoms with E-state index in [2.05, 4.69) is 16.7 Å². The molecular formula is C25H26FN5O4. The van der Waals surface area contributed by atoms with Crippen molar-refractivity contribution in [3.63, 3.8) is 0 Å². The van der Waals surface area contributed by atoms with E-state index in [4.69, 9.17) is 4.74 Å². The molecule has 1 aromatic carbocycles. The largest absolute Gasteiger partial charge is 0.481 e. The summed E-state index contributed by atoms with van der Waals surface area (Å²) in [5.41, 5.74) is 2.06. The number of aliphatic hydroxyl groups excluding tert-OH is 1. The van der Waals surface area contributed by atoms with Gasteiger partial charge in [0, 0.05) is 30.1 Å². The minimum Gasteiger partial charge on any atom is -0.481 e. The summed E-state index contributed by atoms with van der Waals surface area (Å²) in [6.45, 7) is 11.0. The molecule has 0 radical (unpaired) electrons. The Labute approximate surface area is 200 Å². The molecule has 182 valence electrons. The average Bonchev–Trinajstić information content (AvgIpc) is 3.15. The van der Waals surface area contributed by atoms with E-state index in [0.717, 1.165) is 16.3 Å². The third-order valence-electron chi connectivity index (χ3n) is 6.03. The number of benzene rings is 1. The van der Waals surface area contributed by atoms with Crippen LogP contribution in [0.1, 0.15) is 36.4 Å². The zero-order valence-electron chi connectivity index (χ0n) is 20.2. The molecule has 0 fully saturated rings. The number of methoxy groups -OCH3 is 1. The number of fused-ring (bicyclic) bond motifs is 1. The van der Waals surface area contributed by atoms with Crippen LogP contribution in [0.4, 0.5) is 4.39 Å². The third-order valence-corrected chi connectivity index (χ3v) is 6.03. The number of pyridine rings is 2. The Hall–Kier alpha value is -4.05. The van der Waals surface area contributed by atoms with Gasteiger partial charge >= 0.3 is 5.69 Å². The van der Waals surface area contributed by atoms with E-state index >= 15 is 4.39 Å². The topological polar surface area (TPSA) is 104 Å². The van der Waals surface area contributed by atoms with Crippen molar-refractivity contribution in [3.8, 4) is 17.3 Å². The highest BCUT2D eigenvalue weighted by Gasteiger charge is 2.21. The number of halogens is 1. The zero-order chi connectivity index (χ0) is 25.6. The van der Waals surface area contributed by atoms with Crippen molar-refractivity contribution in [2.75, 3.05) is 7.11 Å². The monoisotopic (exact) mass is 479 g/mol. The van der Waals surface area contributed by atoms with E-state index in [0.29, 0.717) is 33.7 Å². The van der Waals surface area contributed by atoms with E-state index in [-0.39, 0.29) is 23.4 Å². The fraction of sp³-hybridized carbons (Fsp3) is 0.280. The molecule has 0 atom stereocenters. The number of nitrogens with zero attached hydrogens (tertiary/aromatic N) is 5. The molecule has 0 saturated carbocycles. The Morgan fingerprint density at radius 1 is 1.23 bits per heavy atom. The summed E-state index contributed by atoms with van der Waals surface area (Å²) in [6.07, 6.45) is 3.26. The van der Waals surface area contributed by atoms with Crippen molar-refractivity contribution < 1.29 is 14.2 Å². The Morgan fingerprint density at radius 3 is 2.51 bits per heavy atom. The molecule has 9 nitrogen and oxygen atoms in total. The predicted molar refractivity (Wildman–Crippen MR) is 131 cm³/mol. The number of aliphatic hydroxyl groups is 1. The van der Waals surface area contributed by atoms with E-state index in [9.17, 15) is 14.7 Å². The lowest BCUT2D eigenvalue weighted by Crippen LogP contribution is -2.25. The smallest absolute Gasteiger partial charge is 0.350 e. The van der Waals surface area contributed by atoms with Crippen LogP contribution in [0.2, 0.25) is 0 Å². The fourth-order valence-corrected chi connectivity index (χ4v) is 4.33. The predicted octanol–water partition coefficient (Wildman–Crippen LogP) is 3.04. The second-order valence-corrected chi connectivity index (χ2v) is 8.28. The molecule has 3 heterocycles. The van der Waals surface area contributed by atoms with E-state index in [1.165, 1.54) is 22.3 Å². The average molecular weight is 480 g/mol. The maximum absolute atomic E-state index is 15.4. The second-order valence-electron chi connectivity index (χ2n) is 8.28. The Balaban J connectivity index is 2.09. The first-order valence-electron chi connectivity index (χ1n) is 11.0. The van der Waals surface area contributed by atoms with Gasteiger partial charge in [0.2, 0.25) is 5.88 Å². The summed E-state index contributed by atoms with van der Waals surface area (Å²) in [5.74, 6) is -0.306. The summed E-state index contributed by atoms with van der Waals surface area (Å²) in [7, 11) is 1.50. The van der Waals surface area contributed by atoms with Crippen LogP contribution in [0, 0.1) is 19.7 Å². The number of allylic oxidation sites excluding steroid dienone is 1. The number of hydrogen-bond donors (Lipinski definition) is 1. The van der Waals surface area contributed by atoms with E-state index in [1.807, 2.05) is 6.92 Å². The van der Waals surface area contributed by atoms with Gasteiger partial charge in [0.1, 0.15) is 18.1 Å². The molecule has 10 heteroatoms. The van der Waals surface area contributed by atoms with E-state index in [1.54, 1.807) is 33.2 Å². The van der Waals surface area contributed by atoms with Crippen molar-refractivity contribution in [2.24, 2.45) is 0 Å². The molecule has 0 saturated heterocycles. The van der Waals surface area contributed by atoms with Gasteiger partial charge in [-0.15, -0.1) is 5.10 Å². The molecule has 35 heavy (non-hydrogen) atoms. The van der Waals surface area contributed by atoms with Crippen molar-refractivity contribution in [2.45, 2.75) is 40.8 Å². The number of rotatable bonds is 6. The van der Waals surface area contributed by atoms with Gasteiger partial charge in [0.15, 0.2) is 5.82 Å². The molecule has 0 bridgehead atoms. The van der Waals surface area contributed by atoms with Crippen LogP contribution in [-0.4, -0.2) is 36.1 Å². The van der Waals surface area contributed by atoms with Crippen LogP contribution in [0.5, 0.6) is 5.88 Å². The third kappa shape index (κ3) is 3.75. The first-order valence-corrected chi connectivity index (χ1v) is 11.0. The maximum Gasteiger partial charge on any atom is 0.350 e. The van der Waals surface area contributed by atoms with Gasteiger partial charge in [0.25, 0.3) is 5.56 Å². The van der Waals surface area contributed by atoms with Gasteiger partial charge in [0.05, 0.1) is 18.2 Å². The normalized spacial score (nSPS) is 11.3. The van der Waals surface area contributed by atoms with Gasteiger partial charge in [-0.3, -0.25) is 13.9 Å².